The zero-order valence-corrected chi connectivity index (χ0v) is 10.6. The van der Waals surface area contributed by atoms with Crippen molar-refractivity contribution < 1.29 is 4.74 Å². The first-order valence-corrected chi connectivity index (χ1v) is 5.97. The second-order valence-corrected chi connectivity index (χ2v) is 5.80. The van der Waals surface area contributed by atoms with Crippen LogP contribution < -0.4 is 11.3 Å². The number of ether oxygens (including phenoxy) is 1. The van der Waals surface area contributed by atoms with Gasteiger partial charge in [0.25, 0.3) is 0 Å². The van der Waals surface area contributed by atoms with E-state index in [4.69, 9.17) is 10.6 Å². The van der Waals surface area contributed by atoms with Crippen LogP contribution in [-0.4, -0.2) is 18.8 Å². The molecule has 0 aliphatic heterocycles. The van der Waals surface area contributed by atoms with Crippen LogP contribution in [0.2, 0.25) is 0 Å². The Morgan fingerprint density at radius 2 is 1.73 bits per heavy atom. The van der Waals surface area contributed by atoms with E-state index in [1.807, 2.05) is 7.11 Å². The minimum atomic E-state index is -0.0642. The Balaban J connectivity index is 2.86. The molecule has 0 heterocycles. The minimum absolute atomic E-state index is 0.0642. The van der Waals surface area contributed by atoms with Gasteiger partial charge in [-0.15, -0.1) is 0 Å². The number of hydrazine groups is 1. The van der Waals surface area contributed by atoms with Crippen LogP contribution in [0.4, 0.5) is 0 Å². The fourth-order valence-electron chi connectivity index (χ4n) is 2.95. The summed E-state index contributed by atoms with van der Waals surface area (Å²) in [4.78, 5) is 0. The minimum Gasteiger partial charge on any atom is -0.377 e. The Morgan fingerprint density at radius 1 is 1.20 bits per heavy atom. The molecular formula is C12H26N2O. The lowest BCUT2D eigenvalue weighted by Crippen LogP contribution is -2.61. The summed E-state index contributed by atoms with van der Waals surface area (Å²) in [5, 5.41) is 0. The lowest BCUT2D eigenvalue weighted by Gasteiger charge is -2.47. The molecule has 15 heavy (non-hydrogen) atoms. The molecular weight excluding hydrogens is 188 g/mol. The summed E-state index contributed by atoms with van der Waals surface area (Å²) in [6, 6.07) is 0.218. The van der Waals surface area contributed by atoms with Gasteiger partial charge in [-0.25, -0.2) is 0 Å². The Hall–Kier alpha value is -0.120. The number of methoxy groups -OCH3 is 1. The fourth-order valence-corrected chi connectivity index (χ4v) is 2.95. The van der Waals surface area contributed by atoms with E-state index in [0.29, 0.717) is 0 Å². The molecule has 0 amide bonds. The first-order valence-electron chi connectivity index (χ1n) is 5.97. The van der Waals surface area contributed by atoms with E-state index >= 15 is 0 Å². The van der Waals surface area contributed by atoms with Gasteiger partial charge in [-0.2, -0.15) is 0 Å². The summed E-state index contributed by atoms with van der Waals surface area (Å²) < 4.78 is 5.82. The number of hydrogen-bond acceptors (Lipinski definition) is 3. The molecule has 1 fully saturated rings. The Morgan fingerprint density at radius 3 is 2.07 bits per heavy atom. The van der Waals surface area contributed by atoms with Gasteiger partial charge in [0, 0.05) is 7.11 Å². The quantitative estimate of drug-likeness (QED) is 0.559. The van der Waals surface area contributed by atoms with Crippen LogP contribution in [0.3, 0.4) is 0 Å². The van der Waals surface area contributed by atoms with Crippen LogP contribution in [0.15, 0.2) is 0 Å². The highest BCUT2D eigenvalue weighted by Gasteiger charge is 2.45. The normalized spacial score (nSPS) is 23.8. The average molecular weight is 214 g/mol. The topological polar surface area (TPSA) is 47.3 Å². The number of nitrogens with two attached hydrogens (primary N) is 1. The van der Waals surface area contributed by atoms with Crippen molar-refractivity contribution in [3.63, 3.8) is 0 Å². The number of nitrogens with one attached hydrogen (secondary N) is 1. The molecule has 0 aromatic heterocycles. The summed E-state index contributed by atoms with van der Waals surface area (Å²) in [5.41, 5.74) is 3.04. The van der Waals surface area contributed by atoms with Crippen LogP contribution in [0, 0.1) is 5.41 Å². The highest BCUT2D eigenvalue weighted by molar-refractivity contribution is 4.99. The zero-order chi connectivity index (χ0) is 11.5. The molecule has 1 atom stereocenters. The van der Waals surface area contributed by atoms with Crippen molar-refractivity contribution in [3.05, 3.63) is 0 Å². The van der Waals surface area contributed by atoms with Gasteiger partial charge in [-0.3, -0.25) is 11.3 Å². The van der Waals surface area contributed by atoms with Crippen LogP contribution in [0.5, 0.6) is 0 Å². The van der Waals surface area contributed by atoms with E-state index in [1.54, 1.807) is 0 Å². The van der Waals surface area contributed by atoms with Crippen molar-refractivity contribution in [2.75, 3.05) is 7.11 Å². The molecule has 1 unspecified atom stereocenters. The van der Waals surface area contributed by atoms with Gasteiger partial charge in [0.1, 0.15) is 0 Å². The molecule has 3 N–H and O–H groups in total. The van der Waals surface area contributed by atoms with Crippen molar-refractivity contribution in [2.45, 2.75) is 64.5 Å². The zero-order valence-electron chi connectivity index (χ0n) is 10.6. The Bertz CT molecular complexity index is 192. The molecule has 0 radical (unpaired) electrons. The molecule has 1 aliphatic rings. The third-order valence-corrected chi connectivity index (χ3v) is 3.67. The van der Waals surface area contributed by atoms with E-state index in [1.165, 1.54) is 19.3 Å². The SMILES string of the molecule is COC1(C(NN)C(C)(C)C)CCCCC1. The summed E-state index contributed by atoms with van der Waals surface area (Å²) in [5.74, 6) is 5.72. The fraction of sp³-hybridized carbons (Fsp3) is 1.00. The monoisotopic (exact) mass is 214 g/mol. The van der Waals surface area contributed by atoms with Gasteiger partial charge in [0.05, 0.1) is 11.6 Å². The van der Waals surface area contributed by atoms with E-state index in [2.05, 4.69) is 26.2 Å². The summed E-state index contributed by atoms with van der Waals surface area (Å²) >= 11 is 0. The van der Waals surface area contributed by atoms with E-state index in [9.17, 15) is 0 Å². The van der Waals surface area contributed by atoms with Crippen molar-refractivity contribution in [1.82, 2.24) is 5.43 Å². The molecule has 0 aromatic rings. The highest BCUT2D eigenvalue weighted by atomic mass is 16.5. The number of hydrogen-bond donors (Lipinski definition) is 2. The van der Waals surface area contributed by atoms with E-state index in [0.717, 1.165) is 12.8 Å². The maximum atomic E-state index is 5.82. The third-order valence-electron chi connectivity index (χ3n) is 3.67. The standard InChI is InChI=1S/C12H26N2O/c1-11(2,3)10(14-13)12(15-4)8-6-5-7-9-12/h10,14H,5-9,13H2,1-4H3. The van der Waals surface area contributed by atoms with Crippen molar-refractivity contribution in [1.29, 1.82) is 0 Å². The molecule has 90 valence electrons. The van der Waals surface area contributed by atoms with Gasteiger partial charge < -0.3 is 4.74 Å². The number of rotatable bonds is 3. The summed E-state index contributed by atoms with van der Waals surface area (Å²) in [7, 11) is 1.82. The van der Waals surface area contributed by atoms with Gasteiger partial charge in [-0.05, 0) is 18.3 Å². The molecule has 1 rings (SSSR count). The van der Waals surface area contributed by atoms with Crippen LogP contribution in [0.1, 0.15) is 52.9 Å². The smallest absolute Gasteiger partial charge is 0.0849 e. The summed E-state index contributed by atoms with van der Waals surface area (Å²) in [6.45, 7) is 6.65. The van der Waals surface area contributed by atoms with Gasteiger partial charge in [0.15, 0.2) is 0 Å². The highest BCUT2D eigenvalue weighted by Crippen LogP contribution is 2.40. The van der Waals surface area contributed by atoms with Gasteiger partial charge in [-0.1, -0.05) is 40.0 Å². The molecule has 0 bridgehead atoms. The molecule has 3 heteroatoms. The van der Waals surface area contributed by atoms with Crippen LogP contribution >= 0.6 is 0 Å². The van der Waals surface area contributed by atoms with Crippen LogP contribution in [-0.2, 0) is 4.74 Å². The third kappa shape index (κ3) is 2.71. The van der Waals surface area contributed by atoms with Crippen molar-refractivity contribution in [3.8, 4) is 0 Å². The Kier molecular flexibility index (Phi) is 4.15. The molecule has 0 aromatic carbocycles. The summed E-state index contributed by atoms with van der Waals surface area (Å²) in [6.07, 6.45) is 6.07. The maximum absolute atomic E-state index is 5.82. The lowest BCUT2D eigenvalue weighted by molar-refractivity contribution is -0.0932. The second-order valence-electron chi connectivity index (χ2n) is 5.80. The van der Waals surface area contributed by atoms with E-state index < -0.39 is 0 Å². The predicted octanol–water partition coefficient (Wildman–Crippen LogP) is 2.21. The first-order chi connectivity index (χ1) is 6.96. The van der Waals surface area contributed by atoms with Crippen molar-refractivity contribution >= 4 is 0 Å². The molecule has 3 nitrogen and oxygen atoms in total. The molecule has 0 spiro atoms. The molecule has 0 saturated heterocycles. The van der Waals surface area contributed by atoms with Gasteiger partial charge >= 0.3 is 0 Å². The average Bonchev–Trinajstić information content (AvgIpc) is 2.18. The van der Waals surface area contributed by atoms with E-state index in [-0.39, 0.29) is 17.1 Å². The first kappa shape index (κ1) is 12.9. The largest absolute Gasteiger partial charge is 0.377 e. The second kappa shape index (κ2) is 4.81. The van der Waals surface area contributed by atoms with Gasteiger partial charge in [0.2, 0.25) is 0 Å². The maximum Gasteiger partial charge on any atom is 0.0849 e. The van der Waals surface area contributed by atoms with Crippen LogP contribution in [0.25, 0.3) is 0 Å². The Labute approximate surface area is 93.7 Å². The van der Waals surface area contributed by atoms with Crippen molar-refractivity contribution in [2.24, 2.45) is 11.3 Å². The predicted molar refractivity (Wildman–Crippen MR) is 63.4 cm³/mol. The molecule has 1 saturated carbocycles. The lowest BCUT2D eigenvalue weighted by atomic mass is 9.70. The molecule has 1 aliphatic carbocycles.